The molecule has 13 heavy (non-hydrogen) atoms. The lowest BCUT2D eigenvalue weighted by Gasteiger charge is -2.19. The summed E-state index contributed by atoms with van der Waals surface area (Å²) in [7, 11) is 0. The molecular weight excluding hydrogens is 166 g/mol. The molecule has 1 unspecified atom stereocenters. The maximum atomic E-state index is 10.1. The van der Waals surface area contributed by atoms with Crippen LogP contribution in [0, 0.1) is 0 Å². The van der Waals surface area contributed by atoms with Gasteiger partial charge in [-0.25, -0.2) is 4.79 Å². The summed E-state index contributed by atoms with van der Waals surface area (Å²) < 4.78 is 0. The third-order valence-corrected chi connectivity index (χ3v) is 2.04. The molecule has 1 rings (SSSR count). The zero-order chi connectivity index (χ0) is 9.52. The van der Waals surface area contributed by atoms with E-state index in [-0.39, 0.29) is 0 Å². The summed E-state index contributed by atoms with van der Waals surface area (Å²) in [5, 5.41) is 11.7. The molecule has 0 aliphatic carbocycles. The van der Waals surface area contributed by atoms with Crippen molar-refractivity contribution in [3.63, 3.8) is 0 Å². The SMILES string of the molecule is O=C(O)/C=C/C=C/C1CCCCN1. The van der Waals surface area contributed by atoms with E-state index in [1.54, 1.807) is 12.2 Å². The molecule has 1 atom stereocenters. The number of rotatable bonds is 3. The van der Waals surface area contributed by atoms with Crippen LogP contribution in [0.15, 0.2) is 24.3 Å². The summed E-state index contributed by atoms with van der Waals surface area (Å²) in [6.07, 6.45) is 10.1. The van der Waals surface area contributed by atoms with Gasteiger partial charge in [0.15, 0.2) is 0 Å². The van der Waals surface area contributed by atoms with Gasteiger partial charge in [0.2, 0.25) is 0 Å². The number of nitrogens with one attached hydrogen (secondary N) is 1. The van der Waals surface area contributed by atoms with Crippen LogP contribution in [0.25, 0.3) is 0 Å². The Hall–Kier alpha value is -1.09. The average molecular weight is 181 g/mol. The number of piperidine rings is 1. The van der Waals surface area contributed by atoms with Crippen molar-refractivity contribution in [3.8, 4) is 0 Å². The molecule has 0 amide bonds. The van der Waals surface area contributed by atoms with Crippen molar-refractivity contribution >= 4 is 5.97 Å². The summed E-state index contributed by atoms with van der Waals surface area (Å²) in [5.74, 6) is -0.902. The second-order valence-electron chi connectivity index (χ2n) is 3.14. The highest BCUT2D eigenvalue weighted by atomic mass is 16.4. The molecule has 0 saturated carbocycles. The first-order valence-electron chi connectivity index (χ1n) is 4.60. The predicted molar refractivity (Wildman–Crippen MR) is 51.6 cm³/mol. The minimum Gasteiger partial charge on any atom is -0.478 e. The van der Waals surface area contributed by atoms with E-state index >= 15 is 0 Å². The van der Waals surface area contributed by atoms with Crippen LogP contribution >= 0.6 is 0 Å². The molecular formula is C10H15NO2. The standard InChI is InChI=1S/C10H15NO2/c12-10(13)7-2-1-5-9-6-3-4-8-11-9/h1-2,5,7,9,11H,3-4,6,8H2,(H,12,13)/b5-1+,7-2+. The van der Waals surface area contributed by atoms with E-state index in [1.165, 1.54) is 12.8 Å². The van der Waals surface area contributed by atoms with Crippen LogP contribution in [0.2, 0.25) is 0 Å². The molecule has 0 bridgehead atoms. The van der Waals surface area contributed by atoms with E-state index in [0.717, 1.165) is 19.0 Å². The Morgan fingerprint density at radius 2 is 2.23 bits per heavy atom. The summed E-state index contributed by atoms with van der Waals surface area (Å²) in [6.45, 7) is 1.07. The maximum absolute atomic E-state index is 10.1. The van der Waals surface area contributed by atoms with Crippen LogP contribution in [0.3, 0.4) is 0 Å². The largest absolute Gasteiger partial charge is 0.478 e. The lowest BCUT2D eigenvalue weighted by atomic mass is 10.0. The van der Waals surface area contributed by atoms with Gasteiger partial charge in [-0.05, 0) is 19.4 Å². The Labute approximate surface area is 78.1 Å². The van der Waals surface area contributed by atoms with Gasteiger partial charge in [-0.1, -0.05) is 24.6 Å². The Bertz CT molecular complexity index is 215. The van der Waals surface area contributed by atoms with Crippen LogP contribution < -0.4 is 5.32 Å². The van der Waals surface area contributed by atoms with Gasteiger partial charge in [-0.3, -0.25) is 0 Å². The van der Waals surface area contributed by atoms with Gasteiger partial charge in [0.1, 0.15) is 0 Å². The fourth-order valence-electron chi connectivity index (χ4n) is 1.38. The van der Waals surface area contributed by atoms with Gasteiger partial charge in [0, 0.05) is 12.1 Å². The minimum absolute atomic E-state index is 0.423. The fraction of sp³-hybridized carbons (Fsp3) is 0.500. The van der Waals surface area contributed by atoms with E-state index in [1.807, 2.05) is 6.08 Å². The normalized spacial score (nSPS) is 24.2. The predicted octanol–water partition coefficient (Wildman–Crippen LogP) is 1.33. The van der Waals surface area contributed by atoms with Crippen molar-refractivity contribution in [1.82, 2.24) is 5.32 Å². The highest BCUT2D eigenvalue weighted by Gasteiger charge is 2.07. The number of carboxylic acids is 1. The van der Waals surface area contributed by atoms with Crippen molar-refractivity contribution < 1.29 is 9.90 Å². The van der Waals surface area contributed by atoms with E-state index in [2.05, 4.69) is 5.32 Å². The molecule has 72 valence electrons. The highest BCUT2D eigenvalue weighted by molar-refractivity contribution is 5.80. The monoisotopic (exact) mass is 181 g/mol. The first-order valence-corrected chi connectivity index (χ1v) is 4.60. The molecule has 0 aromatic rings. The quantitative estimate of drug-likeness (QED) is 0.510. The van der Waals surface area contributed by atoms with Crippen molar-refractivity contribution in [2.75, 3.05) is 6.54 Å². The van der Waals surface area contributed by atoms with E-state index in [9.17, 15) is 4.79 Å². The zero-order valence-corrected chi connectivity index (χ0v) is 7.57. The van der Waals surface area contributed by atoms with Crippen LogP contribution in [0.4, 0.5) is 0 Å². The summed E-state index contributed by atoms with van der Waals surface area (Å²) in [4.78, 5) is 10.1. The van der Waals surface area contributed by atoms with Crippen molar-refractivity contribution in [3.05, 3.63) is 24.3 Å². The molecule has 1 aliphatic heterocycles. The number of hydrogen-bond acceptors (Lipinski definition) is 2. The number of carbonyl (C=O) groups is 1. The third-order valence-electron chi connectivity index (χ3n) is 2.04. The first-order chi connectivity index (χ1) is 6.29. The number of aliphatic carboxylic acids is 1. The molecule has 3 nitrogen and oxygen atoms in total. The van der Waals surface area contributed by atoms with E-state index in [0.29, 0.717) is 6.04 Å². The van der Waals surface area contributed by atoms with Crippen LogP contribution in [0.1, 0.15) is 19.3 Å². The van der Waals surface area contributed by atoms with Crippen LogP contribution in [-0.2, 0) is 4.79 Å². The maximum Gasteiger partial charge on any atom is 0.328 e. The lowest BCUT2D eigenvalue weighted by molar-refractivity contribution is -0.131. The molecule has 3 heteroatoms. The fourth-order valence-corrected chi connectivity index (χ4v) is 1.38. The number of carboxylic acid groups (broad SMARTS) is 1. The lowest BCUT2D eigenvalue weighted by Crippen LogP contribution is -2.31. The zero-order valence-electron chi connectivity index (χ0n) is 7.57. The van der Waals surface area contributed by atoms with E-state index in [4.69, 9.17) is 5.11 Å². The van der Waals surface area contributed by atoms with E-state index < -0.39 is 5.97 Å². The molecule has 1 saturated heterocycles. The molecule has 0 aromatic heterocycles. The third kappa shape index (κ3) is 4.48. The average Bonchev–Trinajstić information content (AvgIpc) is 2.14. The molecule has 0 radical (unpaired) electrons. The Morgan fingerprint density at radius 3 is 2.85 bits per heavy atom. The van der Waals surface area contributed by atoms with Crippen LogP contribution in [-0.4, -0.2) is 23.7 Å². The molecule has 0 aromatic carbocycles. The van der Waals surface area contributed by atoms with Gasteiger partial charge < -0.3 is 10.4 Å². The summed E-state index contributed by atoms with van der Waals surface area (Å²) in [5.41, 5.74) is 0. The molecule has 2 N–H and O–H groups in total. The second-order valence-corrected chi connectivity index (χ2v) is 3.14. The minimum atomic E-state index is -0.902. The second kappa shape index (κ2) is 5.54. The van der Waals surface area contributed by atoms with Gasteiger partial charge in [0.25, 0.3) is 0 Å². The van der Waals surface area contributed by atoms with Gasteiger partial charge in [-0.2, -0.15) is 0 Å². The number of allylic oxidation sites excluding steroid dienone is 2. The van der Waals surface area contributed by atoms with Crippen molar-refractivity contribution in [2.45, 2.75) is 25.3 Å². The number of hydrogen-bond donors (Lipinski definition) is 2. The van der Waals surface area contributed by atoms with Gasteiger partial charge in [0.05, 0.1) is 0 Å². The van der Waals surface area contributed by atoms with Gasteiger partial charge in [-0.15, -0.1) is 0 Å². The highest BCUT2D eigenvalue weighted by Crippen LogP contribution is 2.07. The topological polar surface area (TPSA) is 49.3 Å². The van der Waals surface area contributed by atoms with Gasteiger partial charge >= 0.3 is 5.97 Å². The first kappa shape index (κ1) is 9.99. The molecule has 0 spiro atoms. The van der Waals surface area contributed by atoms with Crippen molar-refractivity contribution in [1.29, 1.82) is 0 Å². The van der Waals surface area contributed by atoms with Crippen molar-refractivity contribution in [2.24, 2.45) is 0 Å². The Kier molecular flexibility index (Phi) is 4.26. The molecule has 1 heterocycles. The smallest absolute Gasteiger partial charge is 0.328 e. The summed E-state index contributed by atoms with van der Waals surface area (Å²) in [6, 6.07) is 0.423. The Balaban J connectivity index is 2.25. The summed E-state index contributed by atoms with van der Waals surface area (Å²) >= 11 is 0. The van der Waals surface area contributed by atoms with Crippen LogP contribution in [0.5, 0.6) is 0 Å². The Morgan fingerprint density at radius 1 is 1.38 bits per heavy atom. The molecule has 1 fully saturated rings. The molecule has 1 aliphatic rings.